The number of hydrogen-bond donors (Lipinski definition) is 0. The van der Waals surface area contributed by atoms with E-state index < -0.39 is 6.04 Å². The van der Waals surface area contributed by atoms with Gasteiger partial charge in [-0.2, -0.15) is 0 Å². The van der Waals surface area contributed by atoms with Gasteiger partial charge in [-0.05, 0) is 62.0 Å². The molecule has 0 atom stereocenters. The van der Waals surface area contributed by atoms with E-state index in [0.717, 1.165) is 16.8 Å². The van der Waals surface area contributed by atoms with Crippen LogP contribution in [0.3, 0.4) is 0 Å². The third-order valence-electron chi connectivity index (χ3n) is 7.66. The molecule has 0 amide bonds. The first-order valence-electron chi connectivity index (χ1n) is 17.4. The summed E-state index contributed by atoms with van der Waals surface area (Å²) in [5, 5.41) is 4.98. The van der Waals surface area contributed by atoms with Crippen LogP contribution in [-0.2, 0) is 20.1 Å². The Morgan fingerprint density at radius 2 is 1.47 bits per heavy atom. The fraction of sp³-hybridized carbons (Fsp3) is 0.143. The van der Waals surface area contributed by atoms with E-state index in [2.05, 4.69) is 99.4 Å². The van der Waals surface area contributed by atoms with Gasteiger partial charge in [0.05, 0.1) is 6.85 Å². The predicted octanol–water partition coefficient (Wildman–Crippen LogP) is 11.3. The maximum atomic E-state index is 7.98. The molecule has 0 aliphatic carbocycles. The molecule has 45 heavy (non-hydrogen) atoms. The van der Waals surface area contributed by atoms with E-state index in [1.807, 2.05) is 24.4 Å². The molecule has 0 bridgehead atoms. The van der Waals surface area contributed by atoms with E-state index in [4.69, 9.17) is 11.8 Å². The zero-order valence-electron chi connectivity index (χ0n) is 30.7. The number of aromatic nitrogens is 2. The molecule has 0 N–H and O–H groups in total. The Kier molecular flexibility index (Phi) is 8.37. The number of hydrogen-bond acceptors (Lipinski definition) is 2. The van der Waals surface area contributed by atoms with Crippen molar-refractivity contribution in [3.63, 3.8) is 0 Å². The van der Waals surface area contributed by atoms with Crippen LogP contribution < -0.4 is 0 Å². The van der Waals surface area contributed by atoms with Crippen molar-refractivity contribution in [1.82, 2.24) is 9.97 Å². The van der Waals surface area contributed by atoms with Gasteiger partial charge in [0, 0.05) is 32.5 Å². The molecule has 7 aromatic rings. The van der Waals surface area contributed by atoms with Crippen LogP contribution in [-0.4, -0.2) is 9.97 Å². The Bertz CT molecular complexity index is 2230. The first-order valence-corrected chi connectivity index (χ1v) is 14.9. The zero-order chi connectivity index (χ0) is 34.8. The summed E-state index contributed by atoms with van der Waals surface area (Å²) in [7, 11) is 0. The van der Waals surface area contributed by atoms with Gasteiger partial charge in [0.25, 0.3) is 0 Å². The van der Waals surface area contributed by atoms with Gasteiger partial charge in [-0.25, -0.2) is 0 Å². The predicted molar refractivity (Wildman–Crippen MR) is 186 cm³/mol. The van der Waals surface area contributed by atoms with Crippen molar-refractivity contribution in [3.8, 4) is 33.6 Å². The van der Waals surface area contributed by atoms with Crippen molar-refractivity contribution >= 4 is 21.5 Å². The first kappa shape index (κ1) is 25.9. The second kappa shape index (κ2) is 14.6. The van der Waals surface area contributed by atoms with Crippen LogP contribution >= 0.6 is 0 Å². The Labute approximate surface area is 287 Å². The smallest absolute Gasteiger partial charge is 0.0629 e. The summed E-state index contributed by atoms with van der Waals surface area (Å²) in [5.74, 6) is 0.930. The monoisotopic (exact) mass is 766 g/mol. The van der Waals surface area contributed by atoms with Gasteiger partial charge >= 0.3 is 0 Å². The molecule has 0 fully saturated rings. The van der Waals surface area contributed by atoms with Gasteiger partial charge in [0.1, 0.15) is 0 Å². The van der Waals surface area contributed by atoms with Gasteiger partial charge in [-0.1, -0.05) is 106 Å². The van der Waals surface area contributed by atoms with Crippen LogP contribution in [0.15, 0.2) is 134 Å². The van der Waals surface area contributed by atoms with E-state index >= 15 is 0 Å². The number of rotatable bonds is 5. The number of benzene rings is 5. The van der Waals surface area contributed by atoms with Crippen molar-refractivity contribution in [2.75, 3.05) is 0 Å². The quantitative estimate of drug-likeness (QED) is 0.129. The summed E-state index contributed by atoms with van der Waals surface area (Å²) in [5.41, 5.74) is 6.92. The second-order valence-electron chi connectivity index (χ2n) is 11.3. The van der Waals surface area contributed by atoms with Crippen LogP contribution in [0.2, 0.25) is 0 Å². The summed E-state index contributed by atoms with van der Waals surface area (Å²) >= 11 is 0. The van der Waals surface area contributed by atoms with Crippen LogP contribution in [0.25, 0.3) is 55.2 Å². The van der Waals surface area contributed by atoms with Gasteiger partial charge < -0.3 is 9.97 Å². The normalized spacial score (nSPS) is 12.4. The van der Waals surface area contributed by atoms with E-state index in [1.54, 1.807) is 18.2 Å². The molecule has 2 aromatic heterocycles. The molecular formula is C42H36IrN2-2. The van der Waals surface area contributed by atoms with Crippen LogP contribution in [0.1, 0.15) is 57.5 Å². The third kappa shape index (κ3) is 7.28. The molecule has 225 valence electrons. The topological polar surface area (TPSA) is 25.8 Å². The van der Waals surface area contributed by atoms with Crippen molar-refractivity contribution in [2.24, 2.45) is 0 Å². The SMILES string of the molecule is CC(C)c1[c-]c(-c2nccc3c2ccc2ccccc23)cc(C(C)C)c1.[2H]c1c([2H])c([2H])c(-c2ccc(-c3[c-]cccc3)nc2)c([2H])c1[2H].[Ir]. The maximum Gasteiger partial charge on any atom is 0.0629 e. The maximum absolute atomic E-state index is 7.98. The Hall–Kier alpha value is -4.43. The molecule has 5 aromatic carbocycles. The fourth-order valence-electron chi connectivity index (χ4n) is 5.19. The Balaban J connectivity index is 0.000000192. The minimum atomic E-state index is -0.396. The molecule has 0 aliphatic heterocycles. The molecule has 0 spiro atoms. The standard InChI is InChI=1S/C25H24N.C17H12N.Ir/c1-16(2)19-13-20(17(3)4)15-21(14-19)25-24-10-9-18-7-5-6-8-22(18)23(24)11-12-26-25;1-3-7-14(8-4-1)16-11-12-17(18-13-16)15-9-5-2-6-10-15;/h5-14,16-17H,1-4H3;1-9,11-13H;/q2*-1;/i;1D,3D,4D,7D,8D;. The molecule has 7 rings (SSSR count). The Morgan fingerprint density at radius 1 is 0.667 bits per heavy atom. The van der Waals surface area contributed by atoms with E-state index in [9.17, 15) is 0 Å². The van der Waals surface area contributed by atoms with E-state index in [1.165, 1.54) is 38.9 Å². The summed E-state index contributed by atoms with van der Waals surface area (Å²) in [6, 6.07) is 35.7. The second-order valence-corrected chi connectivity index (χ2v) is 11.3. The number of fused-ring (bicyclic) bond motifs is 3. The number of pyridine rings is 2. The molecule has 0 saturated carbocycles. The minimum Gasteiger partial charge on any atom is -0.304 e. The Morgan fingerprint density at radius 3 is 2.18 bits per heavy atom. The zero-order valence-corrected chi connectivity index (χ0v) is 28.1. The average molecular weight is 766 g/mol. The largest absolute Gasteiger partial charge is 0.304 e. The summed E-state index contributed by atoms with van der Waals surface area (Å²) in [6.45, 7) is 8.94. The van der Waals surface area contributed by atoms with Crippen LogP contribution in [0, 0.1) is 12.1 Å². The van der Waals surface area contributed by atoms with Gasteiger partial charge in [0.15, 0.2) is 0 Å². The van der Waals surface area contributed by atoms with Crippen molar-refractivity contribution in [1.29, 1.82) is 0 Å². The third-order valence-corrected chi connectivity index (χ3v) is 7.66. The van der Waals surface area contributed by atoms with Gasteiger partial charge in [0.2, 0.25) is 0 Å². The van der Waals surface area contributed by atoms with Crippen molar-refractivity contribution in [3.05, 3.63) is 157 Å². The van der Waals surface area contributed by atoms with Crippen molar-refractivity contribution in [2.45, 2.75) is 39.5 Å². The summed E-state index contributed by atoms with van der Waals surface area (Å²) < 4.78 is 39.1. The van der Waals surface area contributed by atoms with Gasteiger partial charge in [-0.3, -0.25) is 0 Å². The molecule has 0 aliphatic rings. The molecule has 2 heterocycles. The van der Waals surface area contributed by atoms with Crippen LogP contribution in [0.5, 0.6) is 0 Å². The van der Waals surface area contributed by atoms with E-state index in [-0.39, 0.29) is 49.8 Å². The van der Waals surface area contributed by atoms with Gasteiger partial charge in [-0.15, -0.1) is 70.8 Å². The molecule has 2 nitrogen and oxygen atoms in total. The molecule has 0 saturated heterocycles. The average Bonchev–Trinajstić information content (AvgIpc) is 3.13. The van der Waals surface area contributed by atoms with E-state index in [0.29, 0.717) is 23.1 Å². The molecule has 0 unspecified atom stereocenters. The van der Waals surface area contributed by atoms with Crippen molar-refractivity contribution < 1.29 is 27.0 Å². The molecule has 1 radical (unpaired) electrons. The van der Waals surface area contributed by atoms with Crippen LogP contribution in [0.4, 0.5) is 0 Å². The first-order chi connectivity index (χ1) is 23.5. The summed E-state index contributed by atoms with van der Waals surface area (Å²) in [4.78, 5) is 9.08. The summed E-state index contributed by atoms with van der Waals surface area (Å²) in [6.07, 6.45) is 3.44. The fourth-order valence-corrected chi connectivity index (χ4v) is 5.19. The minimum absolute atomic E-state index is 0. The molecule has 3 heteroatoms. The molecular weight excluding hydrogens is 725 g/mol. The number of nitrogens with zero attached hydrogens (tertiary/aromatic N) is 2.